The smallest absolute Gasteiger partial charge is 0.233 e. The summed E-state index contributed by atoms with van der Waals surface area (Å²) in [5.41, 5.74) is 0. The van der Waals surface area contributed by atoms with Crippen LogP contribution in [0.25, 0.3) is 0 Å². The molecule has 0 unspecified atom stereocenters. The number of hydrazine groups is 1. The largest absolute Gasteiger partial charge is 0.276 e. The molecule has 0 aliphatic carbocycles. The molecule has 0 saturated carbocycles. The number of hydrogen-bond donors (Lipinski definition) is 0. The molecule has 1 aliphatic heterocycles. The van der Waals surface area contributed by atoms with Crippen LogP contribution < -0.4 is 0 Å². The van der Waals surface area contributed by atoms with Crippen molar-refractivity contribution in [3.05, 3.63) is 0 Å². The number of carbonyl (C=O) groups excluding carboxylic acids is 1. The van der Waals surface area contributed by atoms with E-state index < -0.39 is 0 Å². The molecular formula is C7H14N2O. The van der Waals surface area contributed by atoms with Gasteiger partial charge in [-0.05, 0) is 6.42 Å². The van der Waals surface area contributed by atoms with Gasteiger partial charge in [0.15, 0.2) is 0 Å². The molecule has 1 fully saturated rings. The van der Waals surface area contributed by atoms with E-state index in [2.05, 4.69) is 11.9 Å². The van der Waals surface area contributed by atoms with Crippen LogP contribution in [0.2, 0.25) is 0 Å². The molecule has 0 spiro atoms. The van der Waals surface area contributed by atoms with Crippen molar-refractivity contribution in [2.45, 2.75) is 20.3 Å². The van der Waals surface area contributed by atoms with Crippen LogP contribution in [0.1, 0.15) is 20.3 Å². The van der Waals surface area contributed by atoms with Gasteiger partial charge in [-0.15, -0.1) is 0 Å². The average Bonchev–Trinajstić information content (AvgIpc) is 2.33. The zero-order chi connectivity index (χ0) is 7.56. The summed E-state index contributed by atoms with van der Waals surface area (Å²) in [5, 5.41) is 3.91. The van der Waals surface area contributed by atoms with Crippen LogP contribution in [0.4, 0.5) is 0 Å². The normalized spacial score (nSPS) is 20.0. The minimum atomic E-state index is 0.166. The summed E-state index contributed by atoms with van der Waals surface area (Å²) in [6.45, 7) is 6.58. The average molecular weight is 142 g/mol. The molecule has 1 aliphatic rings. The first-order chi connectivity index (χ1) is 4.75. The van der Waals surface area contributed by atoms with Crippen LogP contribution in [0.15, 0.2) is 0 Å². The van der Waals surface area contributed by atoms with Crippen molar-refractivity contribution in [1.29, 1.82) is 0 Å². The topological polar surface area (TPSA) is 23.6 Å². The van der Waals surface area contributed by atoms with Crippen molar-refractivity contribution in [2.24, 2.45) is 0 Å². The van der Waals surface area contributed by atoms with Gasteiger partial charge >= 0.3 is 0 Å². The third-order valence-electron chi connectivity index (χ3n) is 1.86. The number of rotatable bonds is 1. The van der Waals surface area contributed by atoms with Crippen molar-refractivity contribution in [3.63, 3.8) is 0 Å². The summed E-state index contributed by atoms with van der Waals surface area (Å²) in [6, 6.07) is 0. The Labute approximate surface area is 61.6 Å². The van der Waals surface area contributed by atoms with Crippen molar-refractivity contribution in [3.8, 4) is 0 Å². The van der Waals surface area contributed by atoms with Crippen LogP contribution in [0, 0.1) is 0 Å². The third kappa shape index (κ3) is 1.29. The third-order valence-corrected chi connectivity index (χ3v) is 1.86. The van der Waals surface area contributed by atoms with E-state index in [4.69, 9.17) is 0 Å². The fourth-order valence-corrected chi connectivity index (χ4v) is 1.35. The van der Waals surface area contributed by atoms with E-state index in [1.54, 1.807) is 6.92 Å². The first-order valence-electron chi connectivity index (χ1n) is 3.78. The van der Waals surface area contributed by atoms with Gasteiger partial charge in [-0.1, -0.05) is 6.92 Å². The Morgan fingerprint density at radius 1 is 1.50 bits per heavy atom. The van der Waals surface area contributed by atoms with Crippen LogP contribution in [0.5, 0.6) is 0 Å². The Hall–Kier alpha value is -0.570. The molecule has 0 bridgehead atoms. The van der Waals surface area contributed by atoms with Crippen molar-refractivity contribution in [1.82, 2.24) is 10.0 Å². The minimum Gasteiger partial charge on any atom is -0.276 e. The quantitative estimate of drug-likeness (QED) is 0.531. The Balaban J connectivity index is 2.50. The predicted molar refractivity (Wildman–Crippen MR) is 39.3 cm³/mol. The van der Waals surface area contributed by atoms with Gasteiger partial charge in [0.25, 0.3) is 0 Å². The molecule has 0 aromatic rings. The van der Waals surface area contributed by atoms with E-state index in [9.17, 15) is 4.79 Å². The molecule has 0 atom stereocenters. The summed E-state index contributed by atoms with van der Waals surface area (Å²) in [7, 11) is 0. The number of carbonyl (C=O) groups is 1. The molecule has 1 saturated heterocycles. The highest BCUT2D eigenvalue weighted by Crippen LogP contribution is 2.08. The monoisotopic (exact) mass is 142 g/mol. The van der Waals surface area contributed by atoms with Crippen molar-refractivity contribution in [2.75, 3.05) is 19.6 Å². The molecule has 3 nitrogen and oxygen atoms in total. The van der Waals surface area contributed by atoms with Gasteiger partial charge < -0.3 is 0 Å². The summed E-state index contributed by atoms with van der Waals surface area (Å²) < 4.78 is 0. The van der Waals surface area contributed by atoms with E-state index in [1.165, 1.54) is 0 Å². The SMILES string of the molecule is CCN1CCCN1C(C)=O. The highest BCUT2D eigenvalue weighted by atomic mass is 16.2. The molecule has 0 radical (unpaired) electrons. The fourth-order valence-electron chi connectivity index (χ4n) is 1.35. The van der Waals surface area contributed by atoms with Crippen LogP contribution in [0.3, 0.4) is 0 Å². The molecule has 10 heavy (non-hydrogen) atoms. The Morgan fingerprint density at radius 3 is 2.60 bits per heavy atom. The number of amides is 1. The molecule has 0 N–H and O–H groups in total. The van der Waals surface area contributed by atoms with Crippen molar-refractivity contribution < 1.29 is 4.79 Å². The lowest BCUT2D eigenvalue weighted by molar-refractivity contribution is -0.140. The molecule has 0 aromatic heterocycles. The summed E-state index contributed by atoms with van der Waals surface area (Å²) >= 11 is 0. The molecule has 1 rings (SSSR count). The Bertz CT molecular complexity index is 136. The highest BCUT2D eigenvalue weighted by molar-refractivity contribution is 5.72. The molecule has 0 aromatic carbocycles. The van der Waals surface area contributed by atoms with Gasteiger partial charge in [0, 0.05) is 26.6 Å². The summed E-state index contributed by atoms with van der Waals surface area (Å²) in [4.78, 5) is 10.9. The second-order valence-electron chi connectivity index (χ2n) is 2.54. The molecular weight excluding hydrogens is 128 g/mol. The molecule has 1 amide bonds. The second kappa shape index (κ2) is 3.01. The van der Waals surface area contributed by atoms with E-state index in [0.717, 1.165) is 26.1 Å². The van der Waals surface area contributed by atoms with E-state index in [1.807, 2.05) is 5.01 Å². The zero-order valence-corrected chi connectivity index (χ0v) is 6.63. The first kappa shape index (κ1) is 7.54. The fraction of sp³-hybridized carbons (Fsp3) is 0.857. The van der Waals surface area contributed by atoms with Gasteiger partial charge in [-0.25, -0.2) is 5.01 Å². The van der Waals surface area contributed by atoms with Gasteiger partial charge in [0.05, 0.1) is 0 Å². The van der Waals surface area contributed by atoms with Crippen molar-refractivity contribution >= 4 is 5.91 Å². The van der Waals surface area contributed by atoms with E-state index in [-0.39, 0.29) is 5.91 Å². The van der Waals surface area contributed by atoms with Gasteiger partial charge in [-0.2, -0.15) is 0 Å². The standard InChI is InChI=1S/C7H14N2O/c1-3-8-5-4-6-9(8)7(2)10/h3-6H2,1-2H3. The minimum absolute atomic E-state index is 0.166. The lowest BCUT2D eigenvalue weighted by Gasteiger charge is -2.24. The maximum Gasteiger partial charge on any atom is 0.233 e. The second-order valence-corrected chi connectivity index (χ2v) is 2.54. The summed E-state index contributed by atoms with van der Waals surface area (Å²) in [5.74, 6) is 0.166. The lowest BCUT2D eigenvalue weighted by Crippen LogP contribution is -2.39. The maximum atomic E-state index is 10.9. The molecule has 58 valence electrons. The molecule has 3 heteroatoms. The highest BCUT2D eigenvalue weighted by Gasteiger charge is 2.21. The van der Waals surface area contributed by atoms with E-state index >= 15 is 0 Å². The van der Waals surface area contributed by atoms with Crippen LogP contribution in [-0.2, 0) is 4.79 Å². The predicted octanol–water partition coefficient (Wildman–Crippen LogP) is 0.475. The first-order valence-corrected chi connectivity index (χ1v) is 3.78. The summed E-state index contributed by atoms with van der Waals surface area (Å²) in [6.07, 6.45) is 1.12. The van der Waals surface area contributed by atoms with Gasteiger partial charge in [0.2, 0.25) is 5.91 Å². The Kier molecular flexibility index (Phi) is 2.27. The number of nitrogens with zero attached hydrogens (tertiary/aromatic N) is 2. The molecule has 1 heterocycles. The van der Waals surface area contributed by atoms with Crippen LogP contribution in [-0.4, -0.2) is 35.6 Å². The maximum absolute atomic E-state index is 10.9. The lowest BCUT2D eigenvalue weighted by atomic mass is 10.4. The van der Waals surface area contributed by atoms with Gasteiger partial charge in [-0.3, -0.25) is 9.80 Å². The number of hydrogen-bond acceptors (Lipinski definition) is 2. The van der Waals surface area contributed by atoms with E-state index in [0.29, 0.717) is 0 Å². The van der Waals surface area contributed by atoms with Crippen LogP contribution >= 0.6 is 0 Å². The Morgan fingerprint density at radius 2 is 2.20 bits per heavy atom. The zero-order valence-electron chi connectivity index (χ0n) is 6.63. The van der Waals surface area contributed by atoms with Gasteiger partial charge in [0.1, 0.15) is 0 Å².